The first-order valence-corrected chi connectivity index (χ1v) is 7.54. The normalized spacial score (nSPS) is 11.0. The number of halogens is 3. The molecule has 0 heterocycles. The van der Waals surface area contributed by atoms with Crippen molar-refractivity contribution in [2.45, 2.75) is 13.1 Å². The van der Waals surface area contributed by atoms with E-state index in [-0.39, 0.29) is 17.2 Å². The summed E-state index contributed by atoms with van der Waals surface area (Å²) in [6.45, 7) is 1.11. The minimum absolute atomic E-state index is 0.0236. The van der Waals surface area contributed by atoms with Crippen molar-refractivity contribution in [3.8, 4) is 11.5 Å². The summed E-state index contributed by atoms with van der Waals surface area (Å²) in [4.78, 5) is 22.3. The molecule has 2 aromatic rings. The molecule has 0 saturated carbocycles. The minimum atomic E-state index is -4.46. The molecule has 10 heteroatoms. The highest BCUT2D eigenvalue weighted by Gasteiger charge is 2.30. The maximum atomic E-state index is 12.5. The number of carbonyl (C=O) groups excluding carboxylic acids is 1. The van der Waals surface area contributed by atoms with E-state index < -0.39 is 29.2 Å². The van der Waals surface area contributed by atoms with E-state index in [9.17, 15) is 28.1 Å². The van der Waals surface area contributed by atoms with E-state index in [1.807, 2.05) is 0 Å². The molecule has 1 amide bonds. The van der Waals surface area contributed by atoms with Crippen LogP contribution in [0.15, 0.2) is 36.4 Å². The van der Waals surface area contributed by atoms with E-state index in [1.54, 1.807) is 6.92 Å². The van der Waals surface area contributed by atoms with Gasteiger partial charge in [-0.25, -0.2) is 0 Å². The van der Waals surface area contributed by atoms with Gasteiger partial charge in [-0.1, -0.05) is 0 Å². The van der Waals surface area contributed by atoms with E-state index in [0.717, 1.165) is 24.3 Å². The van der Waals surface area contributed by atoms with Gasteiger partial charge in [0.1, 0.15) is 5.75 Å². The largest absolute Gasteiger partial charge is 0.490 e. The average Bonchev–Trinajstić information content (AvgIpc) is 2.60. The number of anilines is 1. The second-order valence-electron chi connectivity index (χ2n) is 5.46. The molecule has 2 aromatic carbocycles. The molecular formula is C17H15F3N2O5. The van der Waals surface area contributed by atoms with Gasteiger partial charge in [0.2, 0.25) is 0 Å². The van der Waals surface area contributed by atoms with Crippen LogP contribution in [0, 0.1) is 17.0 Å². The zero-order chi connectivity index (χ0) is 20.2. The highest BCUT2D eigenvalue weighted by Crippen LogP contribution is 2.33. The Kier molecular flexibility index (Phi) is 5.88. The molecule has 0 radical (unpaired) electrons. The number of methoxy groups -OCH3 is 1. The Balaban J connectivity index is 2.03. The maximum Gasteiger partial charge on any atom is 0.416 e. The van der Waals surface area contributed by atoms with Crippen LogP contribution in [-0.2, 0) is 11.0 Å². The monoisotopic (exact) mass is 384 g/mol. The average molecular weight is 384 g/mol. The third-order valence-electron chi connectivity index (χ3n) is 3.55. The second kappa shape index (κ2) is 7.94. The molecule has 0 fully saturated rings. The maximum absolute atomic E-state index is 12.5. The number of hydrogen-bond acceptors (Lipinski definition) is 5. The van der Waals surface area contributed by atoms with Crippen LogP contribution < -0.4 is 14.8 Å². The Labute approximate surface area is 151 Å². The van der Waals surface area contributed by atoms with Gasteiger partial charge in [-0.3, -0.25) is 14.9 Å². The Morgan fingerprint density at radius 2 is 1.85 bits per heavy atom. The summed E-state index contributed by atoms with van der Waals surface area (Å²) in [5.41, 5.74) is -0.342. The fourth-order valence-corrected chi connectivity index (χ4v) is 2.19. The topological polar surface area (TPSA) is 90.7 Å². The molecule has 0 aliphatic carbocycles. The van der Waals surface area contributed by atoms with Gasteiger partial charge >= 0.3 is 11.9 Å². The van der Waals surface area contributed by atoms with Crippen molar-refractivity contribution >= 4 is 17.3 Å². The van der Waals surface area contributed by atoms with E-state index in [1.165, 1.54) is 19.2 Å². The highest BCUT2D eigenvalue weighted by molar-refractivity contribution is 5.93. The summed E-state index contributed by atoms with van der Waals surface area (Å²) >= 11 is 0. The highest BCUT2D eigenvalue weighted by atomic mass is 19.4. The molecule has 0 aliphatic rings. The smallest absolute Gasteiger partial charge is 0.416 e. The van der Waals surface area contributed by atoms with Crippen LogP contribution in [0.5, 0.6) is 11.5 Å². The number of nitro benzene ring substituents is 1. The summed E-state index contributed by atoms with van der Waals surface area (Å²) in [6, 6.07) is 6.47. The van der Waals surface area contributed by atoms with Crippen molar-refractivity contribution in [1.29, 1.82) is 0 Å². The lowest BCUT2D eigenvalue weighted by Crippen LogP contribution is -2.20. The summed E-state index contributed by atoms with van der Waals surface area (Å²) < 4.78 is 47.6. The van der Waals surface area contributed by atoms with Crippen LogP contribution in [0.4, 0.5) is 24.5 Å². The van der Waals surface area contributed by atoms with Crippen LogP contribution in [0.25, 0.3) is 0 Å². The molecule has 27 heavy (non-hydrogen) atoms. The van der Waals surface area contributed by atoms with Crippen molar-refractivity contribution in [3.05, 3.63) is 57.6 Å². The number of nitrogens with zero attached hydrogens (tertiary/aromatic N) is 1. The van der Waals surface area contributed by atoms with Gasteiger partial charge in [-0.2, -0.15) is 13.2 Å². The zero-order valence-corrected chi connectivity index (χ0v) is 14.3. The van der Waals surface area contributed by atoms with Crippen molar-refractivity contribution in [1.82, 2.24) is 0 Å². The number of benzene rings is 2. The fourth-order valence-electron chi connectivity index (χ4n) is 2.19. The molecule has 0 unspecified atom stereocenters. The van der Waals surface area contributed by atoms with Crippen molar-refractivity contribution in [2.75, 3.05) is 19.0 Å². The second-order valence-corrected chi connectivity index (χ2v) is 5.46. The van der Waals surface area contributed by atoms with Gasteiger partial charge in [0.05, 0.1) is 17.6 Å². The van der Waals surface area contributed by atoms with E-state index in [4.69, 9.17) is 9.47 Å². The number of hydrogen-bond donors (Lipinski definition) is 1. The molecule has 0 aromatic heterocycles. The van der Waals surface area contributed by atoms with Crippen LogP contribution >= 0.6 is 0 Å². The van der Waals surface area contributed by atoms with Crippen LogP contribution in [0.1, 0.15) is 11.1 Å². The Bertz CT molecular complexity index is 851. The van der Waals surface area contributed by atoms with Crippen LogP contribution in [-0.4, -0.2) is 24.5 Å². The summed E-state index contributed by atoms with van der Waals surface area (Å²) in [7, 11) is 1.26. The zero-order valence-electron chi connectivity index (χ0n) is 14.3. The van der Waals surface area contributed by atoms with E-state index in [0.29, 0.717) is 11.3 Å². The van der Waals surface area contributed by atoms with Crippen LogP contribution in [0.2, 0.25) is 0 Å². The Morgan fingerprint density at radius 1 is 1.22 bits per heavy atom. The minimum Gasteiger partial charge on any atom is -0.490 e. The molecule has 2 rings (SSSR count). The van der Waals surface area contributed by atoms with Crippen molar-refractivity contribution < 1.29 is 32.4 Å². The molecule has 1 N–H and O–H groups in total. The lowest BCUT2D eigenvalue weighted by atomic mass is 10.1. The number of nitro groups is 1. The van der Waals surface area contributed by atoms with Crippen molar-refractivity contribution in [2.24, 2.45) is 0 Å². The number of nitrogens with one attached hydrogen (secondary N) is 1. The molecule has 0 aliphatic heterocycles. The quantitative estimate of drug-likeness (QED) is 0.602. The lowest BCUT2D eigenvalue weighted by Gasteiger charge is -2.12. The number of alkyl halides is 3. The van der Waals surface area contributed by atoms with Gasteiger partial charge in [0, 0.05) is 17.8 Å². The molecule has 0 atom stereocenters. The van der Waals surface area contributed by atoms with Gasteiger partial charge in [0.15, 0.2) is 12.4 Å². The third kappa shape index (κ3) is 5.09. The third-order valence-corrected chi connectivity index (χ3v) is 3.55. The lowest BCUT2D eigenvalue weighted by molar-refractivity contribution is -0.385. The summed E-state index contributed by atoms with van der Waals surface area (Å²) in [5, 5.41) is 13.5. The first kappa shape index (κ1) is 20.0. The molecule has 0 bridgehead atoms. The Hall–Kier alpha value is -3.30. The first-order valence-electron chi connectivity index (χ1n) is 7.54. The molecule has 0 spiro atoms. The number of carbonyl (C=O) groups is 1. The van der Waals surface area contributed by atoms with E-state index >= 15 is 0 Å². The van der Waals surface area contributed by atoms with Crippen molar-refractivity contribution in [3.63, 3.8) is 0 Å². The molecule has 144 valence electrons. The van der Waals surface area contributed by atoms with E-state index in [2.05, 4.69) is 5.32 Å². The summed E-state index contributed by atoms with van der Waals surface area (Å²) in [5.74, 6) is -0.519. The number of aryl methyl sites for hydroxylation is 1. The number of ether oxygens (including phenoxy) is 2. The predicted octanol–water partition coefficient (Wildman–Crippen LogP) is 3.95. The number of amides is 1. The first-order chi connectivity index (χ1) is 12.6. The standard InChI is InChI=1S/C17H15F3N2O5/c1-10-7-14(22(24)25)15(26-2)8-13(10)21-16(23)9-27-12-5-3-11(4-6-12)17(18,19)20/h3-8H,9H2,1-2H3,(H,21,23). The van der Waals surface area contributed by atoms with Gasteiger partial charge in [-0.15, -0.1) is 0 Å². The van der Waals surface area contributed by atoms with Gasteiger partial charge in [-0.05, 0) is 36.8 Å². The van der Waals surface area contributed by atoms with Crippen LogP contribution in [0.3, 0.4) is 0 Å². The van der Waals surface area contributed by atoms with Gasteiger partial charge < -0.3 is 14.8 Å². The van der Waals surface area contributed by atoms with Gasteiger partial charge in [0.25, 0.3) is 5.91 Å². The summed E-state index contributed by atoms with van der Waals surface area (Å²) in [6.07, 6.45) is -4.46. The fraction of sp³-hybridized carbons (Fsp3) is 0.235. The molecular weight excluding hydrogens is 369 g/mol. The number of rotatable bonds is 6. The Morgan fingerprint density at radius 3 is 2.37 bits per heavy atom. The molecule has 7 nitrogen and oxygen atoms in total. The SMILES string of the molecule is COc1cc(NC(=O)COc2ccc(C(F)(F)F)cc2)c(C)cc1[N+](=O)[O-]. The predicted molar refractivity (Wildman–Crippen MR) is 90.0 cm³/mol. The molecule has 0 saturated heterocycles.